The summed E-state index contributed by atoms with van der Waals surface area (Å²) in [6.07, 6.45) is 2.79. The van der Waals surface area contributed by atoms with Gasteiger partial charge in [0, 0.05) is 0 Å². The van der Waals surface area contributed by atoms with Crippen LogP contribution in [0.3, 0.4) is 0 Å². The molecule has 1 aliphatic carbocycles. The van der Waals surface area contributed by atoms with E-state index in [9.17, 15) is 4.79 Å². The van der Waals surface area contributed by atoms with Gasteiger partial charge in [0.25, 0.3) is 0 Å². The molecule has 0 aromatic heterocycles. The molecule has 15 heavy (non-hydrogen) atoms. The van der Waals surface area contributed by atoms with Gasteiger partial charge >= 0.3 is 0 Å². The molecule has 0 unspecified atom stereocenters. The van der Waals surface area contributed by atoms with E-state index in [1.807, 2.05) is 6.07 Å². The second-order valence-corrected chi connectivity index (χ2v) is 4.37. The van der Waals surface area contributed by atoms with Crippen molar-refractivity contribution in [2.45, 2.75) is 18.3 Å². The van der Waals surface area contributed by atoms with Crippen molar-refractivity contribution in [3.05, 3.63) is 22.7 Å². The average Bonchev–Trinajstić information content (AvgIpc) is 2.90. The molecule has 1 aromatic rings. The molecule has 1 heterocycles. The van der Waals surface area contributed by atoms with Crippen molar-refractivity contribution in [3.8, 4) is 11.5 Å². The highest BCUT2D eigenvalue weighted by molar-refractivity contribution is 6.32. The number of aldehydes is 1. The molecule has 2 aliphatic rings. The molecule has 0 N–H and O–H groups in total. The average molecular weight is 225 g/mol. The third-order valence-electron chi connectivity index (χ3n) is 3.02. The summed E-state index contributed by atoms with van der Waals surface area (Å²) in [5, 5.41) is 0.521. The van der Waals surface area contributed by atoms with E-state index in [-0.39, 0.29) is 12.2 Å². The van der Waals surface area contributed by atoms with Gasteiger partial charge in [0.1, 0.15) is 6.29 Å². The van der Waals surface area contributed by atoms with E-state index in [0.29, 0.717) is 16.5 Å². The second-order valence-electron chi connectivity index (χ2n) is 3.97. The Kier molecular flexibility index (Phi) is 1.74. The fourth-order valence-electron chi connectivity index (χ4n) is 1.86. The van der Waals surface area contributed by atoms with Crippen LogP contribution in [0, 0.1) is 0 Å². The lowest BCUT2D eigenvalue weighted by Crippen LogP contribution is -2.07. The largest absolute Gasteiger partial charge is 0.454 e. The third kappa shape index (κ3) is 1.23. The van der Waals surface area contributed by atoms with Crippen molar-refractivity contribution in [1.82, 2.24) is 0 Å². The minimum absolute atomic E-state index is 0.201. The maximum Gasteiger partial charge on any atom is 0.231 e. The molecule has 3 rings (SSSR count). The molecule has 78 valence electrons. The van der Waals surface area contributed by atoms with Gasteiger partial charge in [0.05, 0.1) is 10.4 Å². The summed E-state index contributed by atoms with van der Waals surface area (Å²) in [4.78, 5) is 11.0. The fraction of sp³-hybridized carbons (Fsp3) is 0.364. The summed E-state index contributed by atoms with van der Waals surface area (Å²) in [5.74, 6) is 1.23. The van der Waals surface area contributed by atoms with Crippen molar-refractivity contribution in [2.24, 2.45) is 0 Å². The summed E-state index contributed by atoms with van der Waals surface area (Å²) in [7, 11) is 0. The molecule has 1 fully saturated rings. The van der Waals surface area contributed by atoms with Gasteiger partial charge in [-0.25, -0.2) is 0 Å². The van der Waals surface area contributed by atoms with E-state index in [4.69, 9.17) is 21.1 Å². The number of fused-ring (bicyclic) bond motifs is 1. The van der Waals surface area contributed by atoms with Gasteiger partial charge in [0.15, 0.2) is 11.5 Å². The van der Waals surface area contributed by atoms with Crippen LogP contribution in [0.2, 0.25) is 5.02 Å². The molecule has 0 saturated heterocycles. The van der Waals surface area contributed by atoms with Crippen LogP contribution in [0.25, 0.3) is 0 Å². The Hall–Kier alpha value is -1.22. The second kappa shape index (κ2) is 2.89. The summed E-state index contributed by atoms with van der Waals surface area (Å²) in [5.41, 5.74) is 0.622. The minimum atomic E-state index is -0.315. The molecular formula is C11H9ClO3. The topological polar surface area (TPSA) is 35.5 Å². The zero-order valence-electron chi connectivity index (χ0n) is 7.96. The van der Waals surface area contributed by atoms with Gasteiger partial charge in [-0.15, -0.1) is 0 Å². The first-order valence-electron chi connectivity index (χ1n) is 4.81. The predicted molar refractivity (Wildman–Crippen MR) is 54.6 cm³/mol. The third-order valence-corrected chi connectivity index (χ3v) is 3.30. The predicted octanol–water partition coefficient (Wildman–Crippen LogP) is 2.30. The van der Waals surface area contributed by atoms with Crippen LogP contribution >= 0.6 is 11.6 Å². The van der Waals surface area contributed by atoms with Crippen molar-refractivity contribution < 1.29 is 14.3 Å². The van der Waals surface area contributed by atoms with Crippen LogP contribution in [-0.2, 0) is 10.2 Å². The highest BCUT2D eigenvalue weighted by Crippen LogP contribution is 2.50. The Morgan fingerprint density at radius 3 is 2.80 bits per heavy atom. The molecule has 1 saturated carbocycles. The van der Waals surface area contributed by atoms with Gasteiger partial charge in [-0.2, -0.15) is 0 Å². The Labute approximate surface area is 91.9 Å². The molecule has 3 nitrogen and oxygen atoms in total. The zero-order valence-corrected chi connectivity index (χ0v) is 8.71. The van der Waals surface area contributed by atoms with E-state index >= 15 is 0 Å². The first kappa shape index (κ1) is 9.04. The normalized spacial score (nSPS) is 20.1. The zero-order chi connectivity index (χ0) is 10.5. The molecule has 0 radical (unpaired) electrons. The summed E-state index contributed by atoms with van der Waals surface area (Å²) in [6, 6.07) is 3.66. The van der Waals surface area contributed by atoms with Crippen LogP contribution in [0.15, 0.2) is 12.1 Å². The Morgan fingerprint density at radius 1 is 1.33 bits per heavy atom. The highest BCUT2D eigenvalue weighted by Gasteiger charge is 2.45. The van der Waals surface area contributed by atoms with Crippen LogP contribution in [0.4, 0.5) is 0 Å². The number of hydrogen-bond acceptors (Lipinski definition) is 3. The van der Waals surface area contributed by atoms with Crippen molar-refractivity contribution in [2.75, 3.05) is 6.79 Å². The minimum Gasteiger partial charge on any atom is -0.454 e. The SMILES string of the molecule is O=CC1(c2cc(Cl)c3c(c2)OCO3)CC1. The van der Waals surface area contributed by atoms with E-state index in [1.165, 1.54) is 0 Å². The van der Waals surface area contributed by atoms with Crippen LogP contribution < -0.4 is 9.47 Å². The number of benzene rings is 1. The van der Waals surface area contributed by atoms with Gasteiger partial charge in [0.2, 0.25) is 6.79 Å². The number of carbonyl (C=O) groups is 1. The number of carbonyl (C=O) groups excluding carboxylic acids is 1. The molecule has 0 spiro atoms. The number of hydrogen-bond donors (Lipinski definition) is 0. The smallest absolute Gasteiger partial charge is 0.231 e. The summed E-state index contributed by atoms with van der Waals surface area (Å²) < 4.78 is 10.5. The molecule has 1 aromatic carbocycles. The van der Waals surface area contributed by atoms with Crippen molar-refractivity contribution in [3.63, 3.8) is 0 Å². The molecule has 0 amide bonds. The van der Waals surface area contributed by atoms with E-state index < -0.39 is 0 Å². The Morgan fingerprint density at radius 2 is 2.13 bits per heavy atom. The summed E-state index contributed by atoms with van der Waals surface area (Å²) >= 11 is 6.04. The number of rotatable bonds is 2. The summed E-state index contributed by atoms with van der Waals surface area (Å²) in [6.45, 7) is 0.201. The molecule has 0 atom stereocenters. The van der Waals surface area contributed by atoms with Gasteiger partial charge in [-0.05, 0) is 30.5 Å². The van der Waals surface area contributed by atoms with Crippen molar-refractivity contribution in [1.29, 1.82) is 0 Å². The Balaban J connectivity index is 2.11. The van der Waals surface area contributed by atoms with Gasteiger partial charge in [-0.1, -0.05) is 11.6 Å². The standard InChI is InChI=1S/C11H9ClO3/c12-8-3-7(11(5-13)1-2-11)4-9-10(8)15-6-14-9/h3-5H,1-2,6H2. The number of halogens is 1. The monoisotopic (exact) mass is 224 g/mol. The Bertz CT molecular complexity index is 438. The molecule has 0 bridgehead atoms. The highest BCUT2D eigenvalue weighted by atomic mass is 35.5. The number of ether oxygens (including phenoxy) is 2. The van der Waals surface area contributed by atoms with Crippen LogP contribution in [0.5, 0.6) is 11.5 Å². The fourth-order valence-corrected chi connectivity index (χ4v) is 2.13. The lowest BCUT2D eigenvalue weighted by Gasteiger charge is -2.09. The first-order chi connectivity index (χ1) is 7.25. The van der Waals surface area contributed by atoms with Crippen LogP contribution in [0.1, 0.15) is 18.4 Å². The van der Waals surface area contributed by atoms with E-state index in [1.54, 1.807) is 6.07 Å². The van der Waals surface area contributed by atoms with Gasteiger partial charge in [-0.3, -0.25) is 0 Å². The van der Waals surface area contributed by atoms with Crippen LogP contribution in [-0.4, -0.2) is 13.1 Å². The molecule has 1 aliphatic heterocycles. The lowest BCUT2D eigenvalue weighted by atomic mass is 9.97. The molecule has 4 heteroatoms. The first-order valence-corrected chi connectivity index (χ1v) is 5.19. The van der Waals surface area contributed by atoms with Crippen molar-refractivity contribution >= 4 is 17.9 Å². The quantitative estimate of drug-likeness (QED) is 0.724. The lowest BCUT2D eigenvalue weighted by molar-refractivity contribution is -0.109. The van der Waals surface area contributed by atoms with E-state index in [0.717, 1.165) is 24.7 Å². The maximum absolute atomic E-state index is 11.0. The van der Waals surface area contributed by atoms with E-state index in [2.05, 4.69) is 0 Å². The molecular weight excluding hydrogens is 216 g/mol. The van der Waals surface area contributed by atoms with Gasteiger partial charge < -0.3 is 14.3 Å². The maximum atomic E-state index is 11.0.